The van der Waals surface area contributed by atoms with E-state index < -0.39 is 0 Å². The summed E-state index contributed by atoms with van der Waals surface area (Å²) in [7, 11) is 0. The van der Waals surface area contributed by atoms with Gasteiger partial charge < -0.3 is 4.74 Å². The topological polar surface area (TPSA) is 21.6 Å². The zero-order valence-electron chi connectivity index (χ0n) is 11.0. The molecule has 0 aromatic heterocycles. The molecule has 1 aliphatic heterocycles. The van der Waals surface area contributed by atoms with Gasteiger partial charge in [0.25, 0.3) is 0 Å². The van der Waals surface area contributed by atoms with Crippen molar-refractivity contribution in [3.8, 4) is 0 Å². The molecule has 19 heavy (non-hydrogen) atoms. The van der Waals surface area contributed by atoms with E-state index in [1.807, 2.05) is 30.3 Å². The molecule has 1 unspecified atom stereocenters. The summed E-state index contributed by atoms with van der Waals surface area (Å²) in [5.74, 6) is 0. The second kappa shape index (κ2) is 5.37. The Bertz CT molecular complexity index is 589. The zero-order chi connectivity index (χ0) is 13.1. The van der Waals surface area contributed by atoms with Gasteiger partial charge in [0.1, 0.15) is 0 Å². The van der Waals surface area contributed by atoms with E-state index >= 15 is 0 Å². The summed E-state index contributed by atoms with van der Waals surface area (Å²) in [6.45, 7) is 2.71. The lowest BCUT2D eigenvalue weighted by atomic mass is 9.99. The van der Waals surface area contributed by atoms with Crippen LogP contribution in [0, 0.1) is 0 Å². The normalized spacial score (nSPS) is 17.7. The van der Waals surface area contributed by atoms with Crippen LogP contribution in [-0.4, -0.2) is 5.71 Å². The summed E-state index contributed by atoms with van der Waals surface area (Å²) >= 11 is 0. The molecule has 2 nitrogen and oxygen atoms in total. The maximum absolute atomic E-state index is 6.09. The van der Waals surface area contributed by atoms with Crippen molar-refractivity contribution in [3.05, 3.63) is 65.7 Å². The molecule has 96 valence electrons. The Morgan fingerprint density at radius 2 is 1.79 bits per heavy atom. The number of benzene rings is 2. The molecule has 2 aromatic rings. The standard InChI is InChI=1S/C17H17NO/c1-13-11-17(15-9-5-6-10-16(15)18-13)19-12-14-7-3-2-4-8-14/h2-10,17H,11-12H2,1H3. The molecule has 2 aromatic carbocycles. The maximum Gasteiger partial charge on any atom is 0.0902 e. The van der Waals surface area contributed by atoms with Crippen molar-refractivity contribution in [1.29, 1.82) is 0 Å². The van der Waals surface area contributed by atoms with Crippen molar-refractivity contribution in [2.45, 2.75) is 26.1 Å². The summed E-state index contributed by atoms with van der Waals surface area (Å²) in [6.07, 6.45) is 0.998. The van der Waals surface area contributed by atoms with Gasteiger partial charge in [-0.05, 0) is 18.6 Å². The number of aliphatic imine (C=N–C) groups is 1. The van der Waals surface area contributed by atoms with Gasteiger partial charge in [0.2, 0.25) is 0 Å². The van der Waals surface area contributed by atoms with Crippen molar-refractivity contribution in [2.75, 3.05) is 0 Å². The van der Waals surface area contributed by atoms with Gasteiger partial charge in [0.05, 0.1) is 18.4 Å². The Kier molecular flexibility index (Phi) is 3.43. The summed E-state index contributed by atoms with van der Waals surface area (Å²) in [5.41, 5.74) is 4.59. The van der Waals surface area contributed by atoms with Crippen LogP contribution in [0.25, 0.3) is 0 Å². The highest BCUT2D eigenvalue weighted by molar-refractivity contribution is 5.87. The molecule has 1 atom stereocenters. The van der Waals surface area contributed by atoms with Crippen LogP contribution in [0.3, 0.4) is 0 Å². The van der Waals surface area contributed by atoms with Gasteiger partial charge >= 0.3 is 0 Å². The average Bonchev–Trinajstić information content (AvgIpc) is 2.45. The predicted molar refractivity (Wildman–Crippen MR) is 77.8 cm³/mol. The summed E-state index contributed by atoms with van der Waals surface area (Å²) in [4.78, 5) is 4.59. The van der Waals surface area contributed by atoms with E-state index in [9.17, 15) is 0 Å². The number of hydrogen-bond donors (Lipinski definition) is 0. The first-order chi connectivity index (χ1) is 9.33. The molecule has 0 aliphatic carbocycles. The van der Waals surface area contributed by atoms with E-state index in [1.165, 1.54) is 11.1 Å². The van der Waals surface area contributed by atoms with Crippen LogP contribution >= 0.6 is 0 Å². The SMILES string of the molecule is CC1=Nc2ccccc2C(OCc2ccccc2)C1. The Labute approximate surface area is 113 Å². The fraction of sp³-hybridized carbons (Fsp3) is 0.235. The van der Waals surface area contributed by atoms with Crippen molar-refractivity contribution < 1.29 is 4.74 Å². The molecule has 0 fully saturated rings. The first kappa shape index (κ1) is 12.1. The molecule has 0 saturated heterocycles. The highest BCUT2D eigenvalue weighted by Crippen LogP contribution is 2.35. The highest BCUT2D eigenvalue weighted by atomic mass is 16.5. The second-order valence-corrected chi connectivity index (χ2v) is 4.90. The van der Waals surface area contributed by atoms with Crippen LogP contribution in [-0.2, 0) is 11.3 Å². The van der Waals surface area contributed by atoms with Crippen LogP contribution in [0.15, 0.2) is 59.6 Å². The summed E-state index contributed by atoms with van der Waals surface area (Å²) in [6, 6.07) is 18.5. The molecular weight excluding hydrogens is 234 g/mol. The number of nitrogens with zero attached hydrogens (tertiary/aromatic N) is 1. The van der Waals surface area contributed by atoms with Crippen LogP contribution in [0.4, 0.5) is 5.69 Å². The first-order valence-electron chi connectivity index (χ1n) is 6.61. The van der Waals surface area contributed by atoms with Crippen LogP contribution in [0.2, 0.25) is 0 Å². The average molecular weight is 251 g/mol. The van der Waals surface area contributed by atoms with Crippen molar-refractivity contribution in [2.24, 2.45) is 4.99 Å². The van der Waals surface area contributed by atoms with Gasteiger partial charge in [0, 0.05) is 17.7 Å². The third kappa shape index (κ3) is 2.74. The molecular formula is C17H17NO. The van der Waals surface area contributed by atoms with Crippen LogP contribution < -0.4 is 0 Å². The Hall–Kier alpha value is -1.93. The second-order valence-electron chi connectivity index (χ2n) is 4.90. The molecule has 0 saturated carbocycles. The molecule has 0 N–H and O–H groups in total. The lowest BCUT2D eigenvalue weighted by Gasteiger charge is -2.24. The molecule has 0 amide bonds. The number of fused-ring (bicyclic) bond motifs is 1. The monoisotopic (exact) mass is 251 g/mol. The van der Waals surface area contributed by atoms with Gasteiger partial charge in [-0.25, -0.2) is 0 Å². The first-order valence-corrected chi connectivity index (χ1v) is 6.61. The lowest BCUT2D eigenvalue weighted by Crippen LogP contribution is -2.12. The van der Waals surface area contributed by atoms with Crippen molar-refractivity contribution >= 4 is 11.4 Å². The molecule has 3 rings (SSSR count). The van der Waals surface area contributed by atoms with E-state index in [1.54, 1.807) is 0 Å². The van der Waals surface area contributed by atoms with E-state index in [2.05, 4.69) is 36.2 Å². The Balaban J connectivity index is 1.77. The minimum absolute atomic E-state index is 0.119. The molecule has 0 spiro atoms. The van der Waals surface area contributed by atoms with Crippen molar-refractivity contribution in [3.63, 3.8) is 0 Å². The largest absolute Gasteiger partial charge is 0.368 e. The Morgan fingerprint density at radius 3 is 2.63 bits per heavy atom. The molecule has 0 radical (unpaired) electrons. The minimum Gasteiger partial charge on any atom is -0.368 e. The fourth-order valence-corrected chi connectivity index (χ4v) is 2.41. The predicted octanol–water partition coefficient (Wildman–Crippen LogP) is 4.44. The third-order valence-electron chi connectivity index (χ3n) is 3.37. The maximum atomic E-state index is 6.09. The van der Waals surface area contributed by atoms with Gasteiger partial charge in [-0.1, -0.05) is 48.5 Å². The lowest BCUT2D eigenvalue weighted by molar-refractivity contribution is 0.0440. The quantitative estimate of drug-likeness (QED) is 0.790. The van der Waals surface area contributed by atoms with Gasteiger partial charge in [-0.3, -0.25) is 4.99 Å². The Morgan fingerprint density at radius 1 is 1.05 bits per heavy atom. The van der Waals surface area contributed by atoms with E-state index in [0.29, 0.717) is 6.61 Å². The van der Waals surface area contributed by atoms with E-state index in [4.69, 9.17) is 4.74 Å². The fourth-order valence-electron chi connectivity index (χ4n) is 2.41. The number of para-hydroxylation sites is 1. The van der Waals surface area contributed by atoms with Gasteiger partial charge in [-0.2, -0.15) is 0 Å². The highest BCUT2D eigenvalue weighted by Gasteiger charge is 2.20. The smallest absolute Gasteiger partial charge is 0.0902 e. The van der Waals surface area contributed by atoms with Crippen LogP contribution in [0.5, 0.6) is 0 Å². The summed E-state index contributed by atoms with van der Waals surface area (Å²) < 4.78 is 6.09. The van der Waals surface area contributed by atoms with Crippen molar-refractivity contribution in [1.82, 2.24) is 0 Å². The molecule has 2 heteroatoms. The zero-order valence-corrected chi connectivity index (χ0v) is 11.0. The van der Waals surface area contributed by atoms with E-state index in [-0.39, 0.29) is 6.10 Å². The molecule has 0 bridgehead atoms. The third-order valence-corrected chi connectivity index (χ3v) is 3.37. The number of ether oxygens (including phenoxy) is 1. The van der Waals surface area contributed by atoms with E-state index in [0.717, 1.165) is 17.8 Å². The van der Waals surface area contributed by atoms with Gasteiger partial charge in [0.15, 0.2) is 0 Å². The summed E-state index contributed by atoms with van der Waals surface area (Å²) in [5, 5.41) is 0. The molecule has 1 heterocycles. The minimum atomic E-state index is 0.119. The number of rotatable bonds is 3. The van der Waals surface area contributed by atoms with Gasteiger partial charge in [-0.15, -0.1) is 0 Å². The number of hydrogen-bond acceptors (Lipinski definition) is 2. The van der Waals surface area contributed by atoms with Crippen LogP contribution in [0.1, 0.15) is 30.6 Å². The molecule has 1 aliphatic rings.